The van der Waals surface area contributed by atoms with Crippen LogP contribution in [0, 0.1) is 0 Å². The number of carbonyl (C=O) groups excluding carboxylic acids is 2. The lowest BCUT2D eigenvalue weighted by molar-refractivity contribution is 0.0699. The van der Waals surface area contributed by atoms with Crippen LogP contribution in [0.5, 0.6) is 11.5 Å². The van der Waals surface area contributed by atoms with Crippen molar-refractivity contribution < 1.29 is 23.5 Å². The van der Waals surface area contributed by atoms with Crippen LogP contribution < -0.4 is 9.47 Å². The third kappa shape index (κ3) is 4.46. The van der Waals surface area contributed by atoms with Crippen LogP contribution in [0.25, 0.3) is 6.08 Å². The van der Waals surface area contributed by atoms with Crippen molar-refractivity contribution in [3.05, 3.63) is 88.8 Å². The van der Waals surface area contributed by atoms with Crippen LogP contribution in [0.3, 0.4) is 0 Å². The van der Waals surface area contributed by atoms with Gasteiger partial charge in [0.05, 0.1) is 18.9 Å². The maximum absolute atomic E-state index is 12.6. The number of allylic oxidation sites excluding steroid dienone is 1. The van der Waals surface area contributed by atoms with E-state index in [9.17, 15) is 9.59 Å². The fourth-order valence-corrected chi connectivity index (χ4v) is 2.53. The van der Waals surface area contributed by atoms with Crippen LogP contribution in [-0.2, 0) is 0 Å². The van der Waals surface area contributed by atoms with E-state index >= 15 is 0 Å². The zero-order chi connectivity index (χ0) is 19.2. The van der Waals surface area contributed by atoms with Crippen molar-refractivity contribution in [3.8, 4) is 11.5 Å². The van der Waals surface area contributed by atoms with Gasteiger partial charge in [-0.1, -0.05) is 29.8 Å². The summed E-state index contributed by atoms with van der Waals surface area (Å²) in [7, 11) is 1.48. The van der Waals surface area contributed by atoms with Gasteiger partial charge in [0.15, 0.2) is 5.78 Å². The van der Waals surface area contributed by atoms with E-state index in [1.54, 1.807) is 36.4 Å². The van der Waals surface area contributed by atoms with Gasteiger partial charge in [-0.25, -0.2) is 4.79 Å². The third-order valence-corrected chi connectivity index (χ3v) is 4.04. The second kappa shape index (κ2) is 8.38. The molecule has 0 fully saturated rings. The molecule has 3 rings (SSSR count). The number of carbonyl (C=O) groups is 2. The number of esters is 1. The summed E-state index contributed by atoms with van der Waals surface area (Å²) in [5.74, 6) is -0.506. The summed E-state index contributed by atoms with van der Waals surface area (Å²) in [5, 5.41) is 0.528. The Morgan fingerprint density at radius 2 is 1.89 bits per heavy atom. The van der Waals surface area contributed by atoms with Crippen molar-refractivity contribution in [3.63, 3.8) is 0 Å². The Morgan fingerprint density at radius 3 is 2.59 bits per heavy atom. The van der Waals surface area contributed by atoms with Crippen LogP contribution in [-0.4, -0.2) is 18.9 Å². The maximum atomic E-state index is 12.6. The molecule has 1 aromatic heterocycles. The van der Waals surface area contributed by atoms with E-state index < -0.39 is 5.97 Å². The molecule has 2 aromatic carbocycles. The van der Waals surface area contributed by atoms with Gasteiger partial charge in [-0.05, 0) is 48.0 Å². The number of ether oxygens (including phenoxy) is 2. The van der Waals surface area contributed by atoms with Crippen molar-refractivity contribution in [2.24, 2.45) is 0 Å². The summed E-state index contributed by atoms with van der Waals surface area (Å²) < 4.78 is 15.5. The van der Waals surface area contributed by atoms with E-state index in [-0.39, 0.29) is 22.9 Å². The van der Waals surface area contributed by atoms with E-state index in [0.29, 0.717) is 16.3 Å². The Labute approximate surface area is 160 Å². The standard InChI is InChI=1S/C21H15ClO5/c1-25-15-9-10-16(18(23)11-8-14-5-2-3-6-17(14)22)20(13-15)27-21(24)19-7-4-12-26-19/h2-13H,1H3/b11-8-. The molecule has 0 atom stereocenters. The fraction of sp³-hybridized carbons (Fsp3) is 0.0476. The molecule has 0 aliphatic heterocycles. The summed E-state index contributed by atoms with van der Waals surface area (Å²) in [6, 6.07) is 14.8. The molecule has 27 heavy (non-hydrogen) atoms. The van der Waals surface area contributed by atoms with Gasteiger partial charge in [0.25, 0.3) is 0 Å². The van der Waals surface area contributed by atoms with Gasteiger partial charge in [0.2, 0.25) is 5.76 Å². The molecule has 0 radical (unpaired) electrons. The first kappa shape index (κ1) is 18.5. The lowest BCUT2D eigenvalue weighted by Gasteiger charge is -2.09. The second-order valence-corrected chi connectivity index (χ2v) is 5.86. The summed E-state index contributed by atoms with van der Waals surface area (Å²) in [4.78, 5) is 24.8. The van der Waals surface area contributed by atoms with Gasteiger partial charge in [-0.3, -0.25) is 4.79 Å². The van der Waals surface area contributed by atoms with Crippen molar-refractivity contribution in [2.45, 2.75) is 0 Å². The highest BCUT2D eigenvalue weighted by molar-refractivity contribution is 6.32. The Hall–Kier alpha value is -3.31. The number of halogens is 1. The highest BCUT2D eigenvalue weighted by Gasteiger charge is 2.18. The zero-order valence-corrected chi connectivity index (χ0v) is 15.1. The summed E-state index contributed by atoms with van der Waals surface area (Å²) in [6.07, 6.45) is 4.33. The Morgan fingerprint density at radius 1 is 1.07 bits per heavy atom. The monoisotopic (exact) mass is 382 g/mol. The molecule has 0 bridgehead atoms. The molecule has 0 spiro atoms. The van der Waals surface area contributed by atoms with Gasteiger partial charge < -0.3 is 13.9 Å². The van der Waals surface area contributed by atoms with Gasteiger partial charge in [0.1, 0.15) is 11.5 Å². The molecule has 3 aromatic rings. The molecule has 0 saturated heterocycles. The quantitative estimate of drug-likeness (QED) is 0.258. The number of benzene rings is 2. The highest BCUT2D eigenvalue weighted by Crippen LogP contribution is 2.27. The molecule has 5 nitrogen and oxygen atoms in total. The molecule has 0 N–H and O–H groups in total. The van der Waals surface area contributed by atoms with Gasteiger partial charge in [-0.15, -0.1) is 0 Å². The van der Waals surface area contributed by atoms with Crippen LogP contribution in [0.15, 0.2) is 71.4 Å². The minimum Gasteiger partial charge on any atom is -0.497 e. The molecular formula is C21H15ClO5. The second-order valence-electron chi connectivity index (χ2n) is 5.45. The largest absolute Gasteiger partial charge is 0.497 e. The lowest BCUT2D eigenvalue weighted by atomic mass is 10.1. The molecule has 6 heteroatoms. The minimum atomic E-state index is -0.711. The molecule has 0 aliphatic carbocycles. The number of hydrogen-bond acceptors (Lipinski definition) is 5. The number of methoxy groups -OCH3 is 1. The predicted octanol–water partition coefficient (Wildman–Crippen LogP) is 5.06. The molecule has 0 saturated carbocycles. The molecule has 136 valence electrons. The first-order valence-electron chi connectivity index (χ1n) is 7.99. The van der Waals surface area contributed by atoms with Gasteiger partial charge in [0, 0.05) is 11.1 Å². The first-order valence-corrected chi connectivity index (χ1v) is 8.37. The summed E-state index contributed by atoms with van der Waals surface area (Å²) in [6.45, 7) is 0. The van der Waals surface area contributed by atoms with E-state index in [4.69, 9.17) is 25.5 Å². The lowest BCUT2D eigenvalue weighted by Crippen LogP contribution is -2.10. The van der Waals surface area contributed by atoms with E-state index in [1.807, 2.05) is 6.07 Å². The smallest absolute Gasteiger partial charge is 0.379 e. The SMILES string of the molecule is COc1ccc(C(=O)/C=C\c2ccccc2Cl)c(OC(=O)c2ccco2)c1. The van der Waals surface area contributed by atoms with E-state index in [1.165, 1.54) is 37.6 Å². The number of furan rings is 1. The minimum absolute atomic E-state index is 0.0304. The zero-order valence-electron chi connectivity index (χ0n) is 14.3. The fourth-order valence-electron chi connectivity index (χ4n) is 2.33. The number of ketones is 1. The van der Waals surface area contributed by atoms with Crippen molar-refractivity contribution in [2.75, 3.05) is 7.11 Å². The highest BCUT2D eigenvalue weighted by atomic mass is 35.5. The predicted molar refractivity (Wildman–Crippen MR) is 101 cm³/mol. The number of hydrogen-bond donors (Lipinski definition) is 0. The Balaban J connectivity index is 1.88. The van der Waals surface area contributed by atoms with Crippen molar-refractivity contribution in [1.82, 2.24) is 0 Å². The first-order chi connectivity index (χ1) is 13.1. The molecule has 0 amide bonds. The molecule has 1 heterocycles. The van der Waals surface area contributed by atoms with Crippen LogP contribution in [0.2, 0.25) is 5.02 Å². The Kier molecular flexibility index (Phi) is 5.74. The van der Waals surface area contributed by atoms with Crippen molar-refractivity contribution >= 4 is 29.4 Å². The van der Waals surface area contributed by atoms with Crippen LogP contribution >= 0.6 is 11.6 Å². The maximum Gasteiger partial charge on any atom is 0.379 e. The van der Waals surface area contributed by atoms with Gasteiger partial charge in [-0.2, -0.15) is 0 Å². The average Bonchev–Trinajstić information content (AvgIpc) is 3.22. The topological polar surface area (TPSA) is 65.7 Å². The van der Waals surface area contributed by atoms with E-state index in [0.717, 1.165) is 0 Å². The normalized spacial score (nSPS) is 10.7. The van der Waals surface area contributed by atoms with Crippen LogP contribution in [0.4, 0.5) is 0 Å². The number of rotatable bonds is 6. The average molecular weight is 383 g/mol. The molecule has 0 aliphatic rings. The van der Waals surface area contributed by atoms with Crippen LogP contribution in [0.1, 0.15) is 26.5 Å². The molecular weight excluding hydrogens is 368 g/mol. The van der Waals surface area contributed by atoms with Crippen molar-refractivity contribution in [1.29, 1.82) is 0 Å². The third-order valence-electron chi connectivity index (χ3n) is 3.70. The van der Waals surface area contributed by atoms with E-state index in [2.05, 4.69) is 0 Å². The summed E-state index contributed by atoms with van der Waals surface area (Å²) >= 11 is 6.09. The van der Waals surface area contributed by atoms with Gasteiger partial charge >= 0.3 is 5.97 Å². The summed E-state index contributed by atoms with van der Waals surface area (Å²) in [5.41, 5.74) is 0.911. The molecule has 0 unspecified atom stereocenters. The Bertz CT molecular complexity index is 990.